The Morgan fingerprint density at radius 2 is 0.739 bits per heavy atom. The Morgan fingerprint density at radius 1 is 0.500 bits per heavy atom. The van der Waals surface area contributed by atoms with Crippen molar-refractivity contribution in [3.8, 4) is 11.3 Å². The van der Waals surface area contributed by atoms with Crippen LogP contribution in [0.15, 0.2) is 48.7 Å². The van der Waals surface area contributed by atoms with Crippen molar-refractivity contribution in [3.63, 3.8) is 0 Å². The minimum atomic E-state index is -6.09. The maximum atomic E-state index is 10.7. The van der Waals surface area contributed by atoms with Crippen LogP contribution >= 0.6 is 0 Å². The van der Waals surface area contributed by atoms with Crippen molar-refractivity contribution in [1.29, 1.82) is 0 Å². The van der Waals surface area contributed by atoms with Gasteiger partial charge in [-0.2, -0.15) is 52.7 Å². The third-order valence-corrected chi connectivity index (χ3v) is 5.38. The zero-order chi connectivity index (χ0) is 37.1. The summed E-state index contributed by atoms with van der Waals surface area (Å²) >= 11 is 0. The monoisotopic (exact) mass is 958 g/mol. The first kappa shape index (κ1) is 50.7. The first-order valence-corrected chi connectivity index (χ1v) is 15.1. The summed E-state index contributed by atoms with van der Waals surface area (Å²) in [6.45, 7) is 2.04. The van der Waals surface area contributed by atoms with E-state index in [0.717, 1.165) is 5.69 Å². The summed E-state index contributed by atoms with van der Waals surface area (Å²) in [6.07, 6.45) is 1.89. The molecule has 269 valence electrons. The fourth-order valence-corrected chi connectivity index (χ4v) is 1.25. The normalized spacial score (nSPS) is 12.5. The van der Waals surface area contributed by atoms with Gasteiger partial charge in [0.2, 0.25) is 0 Å². The summed E-state index contributed by atoms with van der Waals surface area (Å²) < 4.78 is 236. The van der Waals surface area contributed by atoms with Gasteiger partial charge in [0, 0.05) is 11.8 Å². The van der Waals surface area contributed by atoms with Gasteiger partial charge in [-0.3, -0.25) is 4.98 Å². The van der Waals surface area contributed by atoms with Crippen LogP contribution in [-0.2, 0) is 60.6 Å². The Kier molecular flexibility index (Phi) is 20.3. The number of benzene rings is 1. The maximum Gasteiger partial charge on any atom is 4.00 e. The molecule has 1 radical (unpaired) electrons. The molecule has 30 heteroatoms. The van der Waals surface area contributed by atoms with Crippen LogP contribution in [-0.4, -0.2) is 78.9 Å². The number of aryl methyl sites for hydroxylation is 1. The number of nitrogens with zero attached hydrogens (tertiary/aromatic N) is 1. The predicted molar refractivity (Wildman–Crippen MR) is 117 cm³/mol. The van der Waals surface area contributed by atoms with Gasteiger partial charge in [0.05, 0.1) is 5.69 Å². The van der Waals surface area contributed by atoms with E-state index in [1.54, 1.807) is 0 Å². The van der Waals surface area contributed by atoms with E-state index >= 15 is 0 Å². The van der Waals surface area contributed by atoms with Crippen molar-refractivity contribution in [2.75, 3.05) is 0 Å². The number of hydrogen-bond donors (Lipinski definition) is 0. The van der Waals surface area contributed by atoms with Crippen LogP contribution in [0.2, 0.25) is 0 Å². The second kappa shape index (κ2) is 18.4. The molecule has 0 saturated carbocycles. The van der Waals surface area contributed by atoms with Crippen LogP contribution in [0, 0.1) is 6.92 Å². The number of hydrogen-bond acceptors (Lipinski definition) is 13. The number of aromatic nitrogens is 1. The summed E-state index contributed by atoms with van der Waals surface area (Å²) in [6, 6.07) is 14.3. The largest absolute Gasteiger partial charge is 4.00 e. The van der Waals surface area contributed by atoms with Gasteiger partial charge < -0.3 is 18.2 Å². The molecule has 13 nitrogen and oxygen atoms in total. The van der Waals surface area contributed by atoms with Gasteiger partial charge in [0.15, 0.2) is 40.5 Å². The Morgan fingerprint density at radius 3 is 0.913 bits per heavy atom. The third kappa shape index (κ3) is 22.4. The van der Waals surface area contributed by atoms with Crippen molar-refractivity contribution in [1.82, 2.24) is 4.98 Å². The predicted octanol–water partition coefficient (Wildman–Crippen LogP) is 3.26. The molecule has 2 rings (SSSR count). The molecule has 0 aliphatic carbocycles. The van der Waals surface area contributed by atoms with Gasteiger partial charge in [0.1, 0.15) is 0 Å². The summed E-state index contributed by atoms with van der Waals surface area (Å²) in [7, 11) is -24.4. The molecule has 0 saturated heterocycles. The molecule has 2 aromatic rings. The van der Waals surface area contributed by atoms with Gasteiger partial charge in [-0.05, 0) is 18.6 Å². The number of pyridine rings is 1. The summed E-state index contributed by atoms with van der Waals surface area (Å²) in [5.74, 6) is 0. The van der Waals surface area contributed by atoms with Gasteiger partial charge in [-0.15, -0.1) is 0 Å². The number of rotatable bonds is 1. The topological polar surface area (TPSA) is 242 Å². The SMILES string of the molecule is Cc1ccc(-c2ccccc2)nc1.O=S(=O)([O-])C(F)(F)F.O=S(=O)([O-])C(F)(F)F.O=S(=O)([O-])C(F)(F)F.O=S(=O)([O-])C(F)(F)F.[Ir+4]. The minimum absolute atomic E-state index is 0. The molecule has 0 bridgehead atoms. The van der Waals surface area contributed by atoms with Gasteiger partial charge in [-0.1, -0.05) is 36.4 Å². The molecule has 46 heavy (non-hydrogen) atoms. The molecular weight excluding hydrogens is 947 g/mol. The van der Waals surface area contributed by atoms with Crippen LogP contribution in [0.3, 0.4) is 0 Å². The van der Waals surface area contributed by atoms with E-state index in [9.17, 15) is 52.7 Å². The molecule has 0 aliphatic heterocycles. The fourth-order valence-electron chi connectivity index (χ4n) is 1.25. The molecule has 0 aliphatic rings. The van der Waals surface area contributed by atoms with Crippen LogP contribution in [0.1, 0.15) is 5.56 Å². The first-order chi connectivity index (χ1) is 19.4. The fraction of sp³-hybridized carbons (Fsp3) is 0.312. The molecule has 0 N–H and O–H groups in total. The van der Waals surface area contributed by atoms with E-state index in [2.05, 4.69) is 23.2 Å². The van der Waals surface area contributed by atoms with Crippen molar-refractivity contribution >= 4 is 40.5 Å². The Bertz CT molecular complexity index is 1460. The van der Waals surface area contributed by atoms with E-state index in [4.69, 9.17) is 51.9 Å². The standard InChI is InChI=1S/C12H11N.4CHF3O3S.Ir/c1-10-7-8-12(13-9-10)11-5-3-2-4-6-11;4*2-1(3,4)8(5,6)7;/h2-9H,1H3;4*(H,5,6,7);/q;;;;;+4/p-4. The molecule has 1 heterocycles. The van der Waals surface area contributed by atoms with Crippen LogP contribution in [0.5, 0.6) is 0 Å². The molecule has 0 atom stereocenters. The second-order valence-electron chi connectivity index (χ2n) is 6.69. The summed E-state index contributed by atoms with van der Waals surface area (Å²) in [5, 5.41) is 0. The molecule has 0 unspecified atom stereocenters. The van der Waals surface area contributed by atoms with Crippen molar-refractivity contribution in [2.45, 2.75) is 29.0 Å². The molecule has 0 spiro atoms. The molecule has 0 amide bonds. The zero-order valence-electron chi connectivity index (χ0n) is 21.0. The third-order valence-electron chi connectivity index (χ3n) is 3.11. The van der Waals surface area contributed by atoms with Crippen molar-refractivity contribution in [2.24, 2.45) is 0 Å². The average molecular weight is 958 g/mol. The summed E-state index contributed by atoms with van der Waals surface area (Å²) in [5.41, 5.74) is -19.2. The van der Waals surface area contributed by atoms with Crippen LogP contribution in [0.4, 0.5) is 52.7 Å². The second-order valence-corrected chi connectivity index (χ2v) is 12.2. The average Bonchev–Trinajstić information content (AvgIpc) is 2.76. The summed E-state index contributed by atoms with van der Waals surface area (Å²) in [4.78, 5) is 4.35. The Hall–Kier alpha value is -2.18. The smallest absolute Gasteiger partial charge is 0.741 e. The quantitative estimate of drug-likeness (QED) is 0.227. The Balaban J connectivity index is -0.000000244. The number of alkyl halides is 12. The van der Waals surface area contributed by atoms with Crippen molar-refractivity contribution in [3.05, 3.63) is 54.2 Å². The van der Waals surface area contributed by atoms with Gasteiger partial charge in [0.25, 0.3) is 0 Å². The van der Waals surface area contributed by atoms with E-state index in [1.165, 1.54) is 11.1 Å². The molecule has 1 aromatic carbocycles. The van der Waals surface area contributed by atoms with E-state index in [-0.39, 0.29) is 20.1 Å². The minimum Gasteiger partial charge on any atom is -0.741 e. The van der Waals surface area contributed by atoms with Gasteiger partial charge in [-0.25, -0.2) is 33.7 Å². The van der Waals surface area contributed by atoms with Crippen LogP contribution < -0.4 is 0 Å². The first-order valence-electron chi connectivity index (χ1n) is 9.43. The maximum absolute atomic E-state index is 10.7. The molecule has 0 fully saturated rings. The Labute approximate surface area is 264 Å². The van der Waals surface area contributed by atoms with E-state index in [0.29, 0.717) is 0 Å². The van der Waals surface area contributed by atoms with E-state index < -0.39 is 62.5 Å². The zero-order valence-corrected chi connectivity index (χ0v) is 26.6. The van der Waals surface area contributed by atoms with Gasteiger partial charge >= 0.3 is 42.1 Å². The van der Waals surface area contributed by atoms with Crippen molar-refractivity contribution < 1.29 is 125 Å². The van der Waals surface area contributed by atoms with Crippen LogP contribution in [0.25, 0.3) is 11.3 Å². The molecule has 1 aromatic heterocycles. The molecular formula is C16H11F12IrNO12S4. The number of halogens is 12. The van der Waals surface area contributed by atoms with E-state index in [1.807, 2.05) is 37.4 Å².